The van der Waals surface area contributed by atoms with E-state index in [0.717, 1.165) is 29.4 Å². The number of benzene rings is 1. The van der Waals surface area contributed by atoms with Gasteiger partial charge in [0.2, 0.25) is 0 Å². The van der Waals surface area contributed by atoms with Crippen LogP contribution < -0.4 is 16.1 Å². The Morgan fingerprint density at radius 1 is 1.24 bits per heavy atom. The van der Waals surface area contributed by atoms with Crippen molar-refractivity contribution in [2.24, 2.45) is 5.73 Å². The lowest BCUT2D eigenvalue weighted by Crippen LogP contribution is -2.44. The van der Waals surface area contributed by atoms with Gasteiger partial charge in [-0.05, 0) is 56.9 Å². The molecule has 2 N–H and O–H groups in total. The molecular formula is C19H24N2O4. The molecule has 0 unspecified atom stereocenters. The van der Waals surface area contributed by atoms with Crippen LogP contribution >= 0.6 is 0 Å². The molecule has 0 saturated carbocycles. The second-order valence-electron chi connectivity index (χ2n) is 6.78. The van der Waals surface area contributed by atoms with Crippen LogP contribution in [0.15, 0.2) is 21.3 Å². The molecule has 0 aliphatic carbocycles. The monoisotopic (exact) mass is 344 g/mol. The predicted molar refractivity (Wildman–Crippen MR) is 96.0 cm³/mol. The van der Waals surface area contributed by atoms with E-state index in [4.69, 9.17) is 14.9 Å². The van der Waals surface area contributed by atoms with Crippen molar-refractivity contribution in [3.05, 3.63) is 39.2 Å². The van der Waals surface area contributed by atoms with Crippen molar-refractivity contribution in [3.8, 4) is 5.75 Å². The fourth-order valence-electron chi connectivity index (χ4n) is 3.18. The summed E-state index contributed by atoms with van der Waals surface area (Å²) in [4.78, 5) is 26.1. The van der Waals surface area contributed by atoms with E-state index in [1.807, 2.05) is 26.0 Å². The smallest absolute Gasteiger partial charge is 0.339 e. The van der Waals surface area contributed by atoms with E-state index in [-0.39, 0.29) is 24.2 Å². The van der Waals surface area contributed by atoms with E-state index in [1.54, 1.807) is 11.8 Å². The van der Waals surface area contributed by atoms with Crippen LogP contribution in [0.25, 0.3) is 11.0 Å². The summed E-state index contributed by atoms with van der Waals surface area (Å²) >= 11 is 0. The van der Waals surface area contributed by atoms with Gasteiger partial charge in [0.05, 0.1) is 5.39 Å². The molecule has 0 spiro atoms. The van der Waals surface area contributed by atoms with Gasteiger partial charge >= 0.3 is 5.63 Å². The Balaban J connectivity index is 1.85. The lowest BCUT2D eigenvalue weighted by molar-refractivity contribution is -0.134. The highest BCUT2D eigenvalue weighted by Crippen LogP contribution is 2.30. The largest absolute Gasteiger partial charge is 0.483 e. The molecule has 3 rings (SSSR count). The number of carbonyl (C=O) groups is 1. The third-order valence-corrected chi connectivity index (χ3v) is 4.90. The van der Waals surface area contributed by atoms with Crippen LogP contribution in [0.1, 0.15) is 29.5 Å². The molecule has 1 aromatic carbocycles. The van der Waals surface area contributed by atoms with E-state index in [0.29, 0.717) is 30.0 Å². The van der Waals surface area contributed by atoms with Gasteiger partial charge in [-0.25, -0.2) is 4.79 Å². The Labute approximate surface area is 146 Å². The van der Waals surface area contributed by atoms with Gasteiger partial charge in [-0.1, -0.05) is 0 Å². The zero-order valence-corrected chi connectivity index (χ0v) is 14.9. The Morgan fingerprint density at radius 3 is 2.60 bits per heavy atom. The van der Waals surface area contributed by atoms with E-state index < -0.39 is 0 Å². The second-order valence-corrected chi connectivity index (χ2v) is 6.78. The summed E-state index contributed by atoms with van der Waals surface area (Å²) in [5, 5.41) is 0.746. The number of fused-ring (bicyclic) bond motifs is 1. The maximum Gasteiger partial charge on any atom is 0.339 e. The molecule has 6 nitrogen and oxygen atoms in total. The van der Waals surface area contributed by atoms with Gasteiger partial charge in [-0.15, -0.1) is 0 Å². The third kappa shape index (κ3) is 3.54. The van der Waals surface area contributed by atoms with Crippen molar-refractivity contribution in [3.63, 3.8) is 0 Å². The second kappa shape index (κ2) is 6.88. The number of likely N-dealkylation sites (tertiary alicyclic amines) is 1. The van der Waals surface area contributed by atoms with Crippen LogP contribution in [0.4, 0.5) is 0 Å². The molecule has 1 fully saturated rings. The van der Waals surface area contributed by atoms with Crippen LogP contribution in [0.2, 0.25) is 0 Å². The topological polar surface area (TPSA) is 85.8 Å². The molecule has 2 aromatic rings. The lowest BCUT2D eigenvalue weighted by atomic mass is 10.0. The van der Waals surface area contributed by atoms with E-state index in [2.05, 4.69) is 0 Å². The molecule has 0 radical (unpaired) electrons. The molecule has 1 amide bonds. The predicted octanol–water partition coefficient (Wildman–Crippen LogP) is 2.05. The number of ether oxygens (including phenoxy) is 1. The average Bonchev–Trinajstić information content (AvgIpc) is 2.57. The Kier molecular flexibility index (Phi) is 4.81. The zero-order valence-electron chi connectivity index (χ0n) is 14.9. The first-order valence-electron chi connectivity index (χ1n) is 8.57. The molecule has 1 aliphatic rings. The standard InChI is InChI=1S/C19H24N2O4/c1-11-8-15(18-12(2)13(3)19(23)25-16(18)9-11)24-10-17(22)21-6-4-14(20)5-7-21/h8-9,14H,4-7,10,20H2,1-3H3. The van der Waals surface area contributed by atoms with Gasteiger partial charge < -0.3 is 19.8 Å². The molecule has 1 aromatic heterocycles. The molecule has 1 aliphatic heterocycles. The Morgan fingerprint density at radius 2 is 1.92 bits per heavy atom. The molecule has 2 heterocycles. The number of aryl methyl sites for hydroxylation is 2. The first-order chi connectivity index (χ1) is 11.9. The van der Waals surface area contributed by atoms with Crippen LogP contribution in [0, 0.1) is 20.8 Å². The molecular weight excluding hydrogens is 320 g/mol. The van der Waals surface area contributed by atoms with Crippen molar-refractivity contribution in [2.45, 2.75) is 39.7 Å². The van der Waals surface area contributed by atoms with E-state index in [1.165, 1.54) is 0 Å². The summed E-state index contributed by atoms with van der Waals surface area (Å²) in [5.41, 5.74) is 8.30. The minimum absolute atomic E-state index is 0.0363. The van der Waals surface area contributed by atoms with E-state index in [9.17, 15) is 9.59 Å². The number of nitrogens with zero attached hydrogens (tertiary/aromatic N) is 1. The van der Waals surface area contributed by atoms with E-state index >= 15 is 0 Å². The van der Waals surface area contributed by atoms with Gasteiger partial charge in [0.1, 0.15) is 11.3 Å². The number of amides is 1. The number of hydrogen-bond acceptors (Lipinski definition) is 5. The summed E-state index contributed by atoms with van der Waals surface area (Å²) in [5.74, 6) is 0.523. The number of piperidine rings is 1. The van der Waals surface area contributed by atoms with Gasteiger partial charge in [-0.2, -0.15) is 0 Å². The van der Waals surface area contributed by atoms with Crippen LogP contribution in [0.5, 0.6) is 5.75 Å². The first-order valence-corrected chi connectivity index (χ1v) is 8.57. The van der Waals surface area contributed by atoms with Gasteiger partial charge in [0.25, 0.3) is 5.91 Å². The quantitative estimate of drug-likeness (QED) is 0.861. The van der Waals surface area contributed by atoms with Crippen molar-refractivity contribution in [1.82, 2.24) is 4.90 Å². The number of carbonyl (C=O) groups excluding carboxylic acids is 1. The number of hydrogen-bond donors (Lipinski definition) is 1. The first kappa shape index (κ1) is 17.5. The van der Waals surface area contributed by atoms with Crippen LogP contribution in [0.3, 0.4) is 0 Å². The van der Waals surface area contributed by atoms with Crippen molar-refractivity contribution in [1.29, 1.82) is 0 Å². The molecule has 25 heavy (non-hydrogen) atoms. The highest BCUT2D eigenvalue weighted by Gasteiger charge is 2.21. The average molecular weight is 344 g/mol. The summed E-state index contributed by atoms with van der Waals surface area (Å²) in [7, 11) is 0. The fraction of sp³-hybridized carbons (Fsp3) is 0.474. The SMILES string of the molecule is Cc1cc(OCC(=O)N2CCC(N)CC2)c2c(C)c(C)c(=O)oc2c1. The highest BCUT2D eigenvalue weighted by atomic mass is 16.5. The minimum Gasteiger partial charge on any atom is -0.483 e. The lowest BCUT2D eigenvalue weighted by Gasteiger charge is -2.30. The Bertz CT molecular complexity index is 864. The van der Waals surface area contributed by atoms with Crippen molar-refractivity contribution >= 4 is 16.9 Å². The van der Waals surface area contributed by atoms with Crippen LogP contribution in [-0.4, -0.2) is 36.5 Å². The van der Waals surface area contributed by atoms with Gasteiger partial charge in [0.15, 0.2) is 6.61 Å². The third-order valence-electron chi connectivity index (χ3n) is 4.90. The minimum atomic E-state index is -0.345. The maximum absolute atomic E-state index is 12.4. The highest BCUT2D eigenvalue weighted by molar-refractivity contribution is 5.88. The maximum atomic E-state index is 12.4. The number of nitrogens with two attached hydrogens (primary N) is 1. The summed E-state index contributed by atoms with van der Waals surface area (Å²) < 4.78 is 11.2. The summed E-state index contributed by atoms with van der Waals surface area (Å²) in [6.45, 7) is 6.80. The normalized spacial score (nSPS) is 15.6. The Hall–Kier alpha value is -2.34. The van der Waals surface area contributed by atoms with Gasteiger partial charge in [-0.3, -0.25) is 4.79 Å². The van der Waals surface area contributed by atoms with Crippen LogP contribution in [-0.2, 0) is 4.79 Å². The molecule has 134 valence electrons. The molecule has 0 bridgehead atoms. The fourth-order valence-corrected chi connectivity index (χ4v) is 3.18. The summed E-state index contributed by atoms with van der Waals surface area (Å²) in [6.07, 6.45) is 1.64. The summed E-state index contributed by atoms with van der Waals surface area (Å²) in [6, 6.07) is 3.86. The van der Waals surface area contributed by atoms with Gasteiger partial charge in [0, 0.05) is 24.7 Å². The van der Waals surface area contributed by atoms with Crippen molar-refractivity contribution in [2.75, 3.05) is 19.7 Å². The zero-order chi connectivity index (χ0) is 18.1. The molecule has 1 saturated heterocycles. The molecule has 6 heteroatoms. The molecule has 0 atom stereocenters. The number of rotatable bonds is 3. The van der Waals surface area contributed by atoms with Crippen molar-refractivity contribution < 1.29 is 13.9 Å².